The second-order valence-electron chi connectivity index (χ2n) is 2.66. The molecule has 0 atom stereocenters. The molecule has 0 radical (unpaired) electrons. The highest BCUT2D eigenvalue weighted by molar-refractivity contribution is 7.99. The number of aromatic nitrogens is 1. The standard InChI is InChI=1S/C10H12N2S/c1-2-3-7-13-10-5-4-6-12-9(10)8-11/h4-6H,2-3,7H2,1H3. The first-order chi connectivity index (χ1) is 6.38. The van der Waals surface area contributed by atoms with Crippen molar-refractivity contribution >= 4 is 11.8 Å². The zero-order valence-corrected chi connectivity index (χ0v) is 8.47. The molecule has 3 heteroatoms. The minimum absolute atomic E-state index is 0.545. The van der Waals surface area contributed by atoms with E-state index < -0.39 is 0 Å². The molecule has 0 unspecified atom stereocenters. The monoisotopic (exact) mass is 192 g/mol. The topological polar surface area (TPSA) is 36.7 Å². The number of unbranched alkanes of at least 4 members (excludes halogenated alkanes) is 1. The first-order valence-corrected chi connectivity index (χ1v) is 5.35. The van der Waals surface area contributed by atoms with Gasteiger partial charge in [0.25, 0.3) is 0 Å². The molecule has 2 nitrogen and oxygen atoms in total. The number of hydrogen-bond donors (Lipinski definition) is 0. The van der Waals surface area contributed by atoms with E-state index in [1.165, 1.54) is 12.8 Å². The van der Waals surface area contributed by atoms with Crippen molar-refractivity contribution in [3.63, 3.8) is 0 Å². The van der Waals surface area contributed by atoms with Crippen LogP contribution in [0.15, 0.2) is 23.2 Å². The quantitative estimate of drug-likeness (QED) is 0.543. The van der Waals surface area contributed by atoms with Crippen molar-refractivity contribution < 1.29 is 0 Å². The van der Waals surface area contributed by atoms with Crippen LogP contribution in [-0.2, 0) is 0 Å². The number of nitriles is 1. The molecule has 0 fully saturated rings. The number of pyridine rings is 1. The van der Waals surface area contributed by atoms with Crippen molar-refractivity contribution in [2.45, 2.75) is 24.7 Å². The molecule has 0 bridgehead atoms. The Kier molecular flexibility index (Phi) is 4.34. The maximum Gasteiger partial charge on any atom is 0.153 e. The second-order valence-corrected chi connectivity index (χ2v) is 3.80. The van der Waals surface area contributed by atoms with E-state index in [0.29, 0.717) is 5.69 Å². The van der Waals surface area contributed by atoms with Gasteiger partial charge < -0.3 is 0 Å². The molecule has 0 saturated heterocycles. The van der Waals surface area contributed by atoms with Gasteiger partial charge in [0.1, 0.15) is 6.07 Å². The summed E-state index contributed by atoms with van der Waals surface area (Å²) in [6, 6.07) is 5.91. The van der Waals surface area contributed by atoms with Gasteiger partial charge in [-0.1, -0.05) is 13.3 Å². The summed E-state index contributed by atoms with van der Waals surface area (Å²) in [6.07, 6.45) is 4.03. The lowest BCUT2D eigenvalue weighted by molar-refractivity contribution is 0.896. The summed E-state index contributed by atoms with van der Waals surface area (Å²) in [5, 5.41) is 8.75. The third kappa shape index (κ3) is 3.08. The largest absolute Gasteiger partial charge is 0.244 e. The lowest BCUT2D eigenvalue weighted by Crippen LogP contribution is -1.86. The highest BCUT2D eigenvalue weighted by Crippen LogP contribution is 2.21. The lowest BCUT2D eigenvalue weighted by atomic mass is 10.4. The Morgan fingerprint density at radius 1 is 1.62 bits per heavy atom. The minimum Gasteiger partial charge on any atom is -0.244 e. The summed E-state index contributed by atoms with van der Waals surface area (Å²) in [4.78, 5) is 4.99. The lowest BCUT2D eigenvalue weighted by Gasteiger charge is -2.00. The van der Waals surface area contributed by atoms with Gasteiger partial charge in [0, 0.05) is 11.1 Å². The van der Waals surface area contributed by atoms with Crippen molar-refractivity contribution in [1.29, 1.82) is 5.26 Å². The van der Waals surface area contributed by atoms with E-state index in [1.54, 1.807) is 18.0 Å². The van der Waals surface area contributed by atoms with E-state index in [0.717, 1.165) is 10.6 Å². The number of thioether (sulfide) groups is 1. The Morgan fingerprint density at radius 2 is 2.46 bits per heavy atom. The molecule has 1 aromatic heterocycles. The van der Waals surface area contributed by atoms with Gasteiger partial charge in [-0.05, 0) is 24.3 Å². The average Bonchev–Trinajstić information content (AvgIpc) is 2.19. The molecule has 0 aliphatic heterocycles. The van der Waals surface area contributed by atoms with Gasteiger partial charge in [0.15, 0.2) is 5.69 Å². The molecular formula is C10H12N2S. The van der Waals surface area contributed by atoms with Gasteiger partial charge in [0.05, 0.1) is 0 Å². The van der Waals surface area contributed by atoms with Crippen LogP contribution in [-0.4, -0.2) is 10.7 Å². The molecule has 13 heavy (non-hydrogen) atoms. The zero-order chi connectivity index (χ0) is 9.52. The maximum atomic E-state index is 8.75. The fourth-order valence-electron chi connectivity index (χ4n) is 0.917. The Bertz CT molecular complexity index is 304. The van der Waals surface area contributed by atoms with Gasteiger partial charge in [-0.15, -0.1) is 11.8 Å². The van der Waals surface area contributed by atoms with Crippen LogP contribution in [0.3, 0.4) is 0 Å². The zero-order valence-electron chi connectivity index (χ0n) is 7.66. The summed E-state index contributed by atoms with van der Waals surface area (Å²) < 4.78 is 0. The normalized spacial score (nSPS) is 9.54. The van der Waals surface area contributed by atoms with Gasteiger partial charge >= 0.3 is 0 Å². The van der Waals surface area contributed by atoms with Crippen molar-refractivity contribution in [1.82, 2.24) is 4.98 Å². The first kappa shape index (κ1) is 10.1. The van der Waals surface area contributed by atoms with Crippen LogP contribution in [0.2, 0.25) is 0 Å². The summed E-state index contributed by atoms with van der Waals surface area (Å²) in [5.41, 5.74) is 0.545. The second kappa shape index (κ2) is 5.60. The fraction of sp³-hybridized carbons (Fsp3) is 0.400. The molecule has 0 aliphatic carbocycles. The molecule has 0 spiro atoms. The van der Waals surface area contributed by atoms with Crippen LogP contribution < -0.4 is 0 Å². The molecule has 0 amide bonds. The average molecular weight is 192 g/mol. The molecule has 0 saturated carbocycles. The Hall–Kier alpha value is -1.01. The van der Waals surface area contributed by atoms with Gasteiger partial charge in [0.2, 0.25) is 0 Å². The van der Waals surface area contributed by atoms with Crippen LogP contribution in [0.1, 0.15) is 25.5 Å². The maximum absolute atomic E-state index is 8.75. The molecule has 0 N–H and O–H groups in total. The molecule has 0 aliphatic rings. The predicted octanol–water partition coefficient (Wildman–Crippen LogP) is 2.85. The van der Waals surface area contributed by atoms with E-state index in [2.05, 4.69) is 18.0 Å². The summed E-state index contributed by atoms with van der Waals surface area (Å²) in [7, 11) is 0. The van der Waals surface area contributed by atoms with Crippen molar-refractivity contribution in [2.75, 3.05) is 5.75 Å². The van der Waals surface area contributed by atoms with Gasteiger partial charge in [-0.2, -0.15) is 5.26 Å². The Labute approximate surface area is 83.0 Å². The fourth-order valence-corrected chi connectivity index (χ4v) is 1.98. The van der Waals surface area contributed by atoms with Gasteiger partial charge in [-0.25, -0.2) is 4.98 Å². The molecule has 1 heterocycles. The van der Waals surface area contributed by atoms with Crippen LogP contribution in [0, 0.1) is 11.3 Å². The van der Waals surface area contributed by atoms with E-state index >= 15 is 0 Å². The molecule has 0 aromatic carbocycles. The highest BCUT2D eigenvalue weighted by atomic mass is 32.2. The number of hydrogen-bond acceptors (Lipinski definition) is 3. The Balaban J connectivity index is 2.60. The van der Waals surface area contributed by atoms with E-state index in [-0.39, 0.29) is 0 Å². The summed E-state index contributed by atoms with van der Waals surface area (Å²) >= 11 is 1.71. The summed E-state index contributed by atoms with van der Waals surface area (Å²) in [6.45, 7) is 2.16. The smallest absolute Gasteiger partial charge is 0.153 e. The van der Waals surface area contributed by atoms with Crippen molar-refractivity contribution in [2.24, 2.45) is 0 Å². The molecule has 1 rings (SSSR count). The van der Waals surface area contributed by atoms with Crippen LogP contribution in [0.4, 0.5) is 0 Å². The minimum atomic E-state index is 0.545. The van der Waals surface area contributed by atoms with E-state index in [9.17, 15) is 0 Å². The predicted molar refractivity (Wildman–Crippen MR) is 54.6 cm³/mol. The van der Waals surface area contributed by atoms with Crippen LogP contribution in [0.5, 0.6) is 0 Å². The first-order valence-electron chi connectivity index (χ1n) is 4.36. The number of rotatable bonds is 4. The Morgan fingerprint density at radius 3 is 3.15 bits per heavy atom. The SMILES string of the molecule is CCCCSc1cccnc1C#N. The highest BCUT2D eigenvalue weighted by Gasteiger charge is 2.01. The summed E-state index contributed by atoms with van der Waals surface area (Å²) in [5.74, 6) is 1.07. The van der Waals surface area contributed by atoms with Crippen LogP contribution in [0.25, 0.3) is 0 Å². The molecule has 68 valence electrons. The third-order valence-electron chi connectivity index (χ3n) is 1.63. The third-order valence-corrected chi connectivity index (χ3v) is 2.77. The van der Waals surface area contributed by atoms with Crippen molar-refractivity contribution in [3.05, 3.63) is 24.0 Å². The van der Waals surface area contributed by atoms with Crippen molar-refractivity contribution in [3.8, 4) is 6.07 Å². The number of nitrogens with zero attached hydrogens (tertiary/aromatic N) is 2. The van der Waals surface area contributed by atoms with E-state index in [4.69, 9.17) is 5.26 Å². The van der Waals surface area contributed by atoms with Crippen LogP contribution >= 0.6 is 11.8 Å². The van der Waals surface area contributed by atoms with E-state index in [1.807, 2.05) is 12.1 Å². The van der Waals surface area contributed by atoms with Gasteiger partial charge in [-0.3, -0.25) is 0 Å². The molecular weight excluding hydrogens is 180 g/mol. The molecule has 1 aromatic rings.